The van der Waals surface area contributed by atoms with Crippen molar-refractivity contribution in [3.63, 3.8) is 0 Å². The lowest BCUT2D eigenvalue weighted by Gasteiger charge is -2.34. The quantitative estimate of drug-likeness (QED) is 0.645. The number of hydrogen-bond acceptors (Lipinski definition) is 6. The van der Waals surface area contributed by atoms with Crippen molar-refractivity contribution in [1.82, 2.24) is 19.6 Å². The number of ether oxygens (including phenoxy) is 2. The van der Waals surface area contributed by atoms with Crippen LogP contribution in [-0.2, 0) is 13.6 Å². The third-order valence-corrected chi connectivity index (χ3v) is 5.92. The number of fused-ring (bicyclic) bond motifs is 2. The van der Waals surface area contributed by atoms with Gasteiger partial charge >= 0.3 is 0 Å². The third-order valence-electron chi connectivity index (χ3n) is 5.92. The van der Waals surface area contributed by atoms with E-state index in [2.05, 4.69) is 10.00 Å². The van der Waals surface area contributed by atoms with E-state index in [4.69, 9.17) is 9.47 Å². The van der Waals surface area contributed by atoms with Crippen molar-refractivity contribution < 1.29 is 14.3 Å². The van der Waals surface area contributed by atoms with E-state index < -0.39 is 0 Å². The van der Waals surface area contributed by atoms with Gasteiger partial charge in [-0.05, 0) is 36.8 Å². The maximum absolute atomic E-state index is 13.1. The molecule has 0 unspecified atom stereocenters. The van der Waals surface area contributed by atoms with Crippen molar-refractivity contribution in [2.24, 2.45) is 7.05 Å². The molecule has 0 aliphatic carbocycles. The summed E-state index contributed by atoms with van der Waals surface area (Å²) in [4.78, 5) is 30.1. The normalized spacial score (nSPS) is 16.1. The summed E-state index contributed by atoms with van der Waals surface area (Å²) in [6, 6.07) is 11.6. The Labute approximate surface area is 179 Å². The van der Waals surface area contributed by atoms with Gasteiger partial charge in [0.2, 0.25) is 12.2 Å². The topological polar surface area (TPSA) is 76.9 Å². The van der Waals surface area contributed by atoms with E-state index in [1.807, 2.05) is 43.3 Å². The van der Waals surface area contributed by atoms with Crippen molar-refractivity contribution in [3.05, 3.63) is 63.4 Å². The van der Waals surface area contributed by atoms with Crippen molar-refractivity contribution >= 4 is 16.8 Å². The molecular weight excluding hydrogens is 396 g/mol. The maximum atomic E-state index is 13.1. The van der Waals surface area contributed by atoms with E-state index in [1.54, 1.807) is 16.6 Å². The van der Waals surface area contributed by atoms with E-state index >= 15 is 0 Å². The first-order valence-corrected chi connectivity index (χ1v) is 10.4. The van der Waals surface area contributed by atoms with Crippen molar-refractivity contribution in [2.75, 3.05) is 33.0 Å². The van der Waals surface area contributed by atoms with Gasteiger partial charge in [0.15, 0.2) is 17.2 Å². The minimum atomic E-state index is -0.301. The minimum Gasteiger partial charge on any atom is -0.454 e. The van der Waals surface area contributed by atoms with Gasteiger partial charge in [0, 0.05) is 39.8 Å². The smallest absolute Gasteiger partial charge is 0.278 e. The van der Waals surface area contributed by atoms with Crippen LogP contribution in [0, 0.1) is 6.92 Å². The number of nitrogens with zero attached hydrogens (tertiary/aromatic N) is 4. The van der Waals surface area contributed by atoms with E-state index in [0.29, 0.717) is 18.5 Å². The Morgan fingerprint density at radius 1 is 1.03 bits per heavy atom. The number of piperazine rings is 1. The molecule has 3 aromatic rings. The van der Waals surface area contributed by atoms with Crippen LogP contribution in [0.2, 0.25) is 0 Å². The first-order valence-electron chi connectivity index (χ1n) is 10.4. The first-order chi connectivity index (χ1) is 15.0. The molecule has 160 valence electrons. The van der Waals surface area contributed by atoms with Crippen molar-refractivity contribution in [2.45, 2.75) is 13.5 Å². The number of amides is 1. The number of rotatable bonds is 3. The SMILES string of the molecule is Cc1ccc2c(c1)c(=O)c(C(=O)N1CCN(Cc3ccc4c(c3)OCO4)CC1)nn2C. The number of carbonyl (C=O) groups excluding carboxylic acids is 1. The fraction of sp³-hybridized carbons (Fsp3) is 0.348. The number of aromatic nitrogens is 2. The first kappa shape index (κ1) is 19.6. The number of benzene rings is 2. The Hall–Kier alpha value is -3.39. The maximum Gasteiger partial charge on any atom is 0.278 e. The van der Waals surface area contributed by atoms with E-state index in [0.717, 1.165) is 47.8 Å². The van der Waals surface area contributed by atoms with Crippen LogP contribution < -0.4 is 14.9 Å². The van der Waals surface area contributed by atoms with Crippen LogP contribution in [0.5, 0.6) is 11.5 Å². The lowest BCUT2D eigenvalue weighted by molar-refractivity contribution is 0.0619. The molecule has 0 N–H and O–H groups in total. The summed E-state index contributed by atoms with van der Waals surface area (Å²) >= 11 is 0. The van der Waals surface area contributed by atoms with Gasteiger partial charge in [0.25, 0.3) is 5.91 Å². The molecule has 0 radical (unpaired) electrons. The van der Waals surface area contributed by atoms with Crippen LogP contribution >= 0.6 is 0 Å². The average molecular weight is 420 g/mol. The molecule has 8 heteroatoms. The highest BCUT2D eigenvalue weighted by Gasteiger charge is 2.26. The zero-order chi connectivity index (χ0) is 21.5. The molecule has 0 atom stereocenters. The predicted molar refractivity (Wildman–Crippen MR) is 115 cm³/mol. The molecule has 31 heavy (non-hydrogen) atoms. The van der Waals surface area contributed by atoms with Crippen LogP contribution in [0.3, 0.4) is 0 Å². The van der Waals surface area contributed by atoms with Gasteiger partial charge in [-0.1, -0.05) is 17.7 Å². The fourth-order valence-corrected chi connectivity index (χ4v) is 4.19. The van der Waals surface area contributed by atoms with Crippen LogP contribution in [0.4, 0.5) is 0 Å². The second-order valence-electron chi connectivity index (χ2n) is 8.08. The Balaban J connectivity index is 1.29. The highest BCUT2D eigenvalue weighted by Crippen LogP contribution is 2.32. The van der Waals surface area contributed by atoms with Gasteiger partial charge in [-0.25, -0.2) is 0 Å². The van der Waals surface area contributed by atoms with Crippen molar-refractivity contribution in [3.8, 4) is 11.5 Å². The predicted octanol–water partition coefficient (Wildman–Crippen LogP) is 1.93. The largest absolute Gasteiger partial charge is 0.454 e. The highest BCUT2D eigenvalue weighted by molar-refractivity contribution is 5.95. The van der Waals surface area contributed by atoms with E-state index in [9.17, 15) is 9.59 Å². The van der Waals surface area contributed by atoms with Gasteiger partial charge in [0.1, 0.15) is 0 Å². The Morgan fingerprint density at radius 2 is 1.81 bits per heavy atom. The van der Waals surface area contributed by atoms with E-state index in [1.165, 1.54) is 0 Å². The average Bonchev–Trinajstić information content (AvgIpc) is 3.24. The van der Waals surface area contributed by atoms with Gasteiger partial charge in [-0.2, -0.15) is 5.10 Å². The summed E-state index contributed by atoms with van der Waals surface area (Å²) in [7, 11) is 1.76. The molecule has 1 aromatic heterocycles. The van der Waals surface area contributed by atoms with Crippen LogP contribution in [0.25, 0.3) is 10.9 Å². The van der Waals surface area contributed by atoms with Crippen LogP contribution in [0.1, 0.15) is 21.6 Å². The molecule has 3 heterocycles. The van der Waals surface area contributed by atoms with Crippen LogP contribution in [-0.4, -0.2) is 58.5 Å². The molecule has 2 aliphatic rings. The fourth-order valence-electron chi connectivity index (χ4n) is 4.19. The molecule has 1 fully saturated rings. The third kappa shape index (κ3) is 3.63. The molecule has 1 amide bonds. The molecule has 1 saturated heterocycles. The number of hydrogen-bond donors (Lipinski definition) is 0. The van der Waals surface area contributed by atoms with Crippen LogP contribution in [0.15, 0.2) is 41.2 Å². The number of carbonyl (C=O) groups is 1. The van der Waals surface area contributed by atoms with Gasteiger partial charge in [-0.15, -0.1) is 0 Å². The Kier molecular flexibility index (Phi) is 4.86. The number of aryl methyl sites for hydroxylation is 2. The van der Waals surface area contributed by atoms with Gasteiger partial charge in [0.05, 0.1) is 10.9 Å². The monoisotopic (exact) mass is 420 g/mol. The Morgan fingerprint density at radius 3 is 2.61 bits per heavy atom. The summed E-state index contributed by atoms with van der Waals surface area (Å²) in [5.74, 6) is 1.25. The molecule has 5 rings (SSSR count). The molecular formula is C23H24N4O4. The molecule has 0 spiro atoms. The summed E-state index contributed by atoms with van der Waals surface area (Å²) in [5, 5.41) is 4.83. The molecule has 2 aliphatic heterocycles. The highest BCUT2D eigenvalue weighted by atomic mass is 16.7. The lowest BCUT2D eigenvalue weighted by atomic mass is 10.1. The zero-order valence-electron chi connectivity index (χ0n) is 17.6. The lowest BCUT2D eigenvalue weighted by Crippen LogP contribution is -2.49. The molecule has 0 saturated carbocycles. The molecule has 0 bridgehead atoms. The Bertz CT molecular complexity index is 1230. The second kappa shape index (κ2) is 7.70. The summed E-state index contributed by atoms with van der Waals surface area (Å²) in [5.41, 5.74) is 2.53. The molecule has 2 aromatic carbocycles. The summed E-state index contributed by atoms with van der Waals surface area (Å²) < 4.78 is 12.4. The van der Waals surface area contributed by atoms with Crippen molar-refractivity contribution in [1.29, 1.82) is 0 Å². The molecule has 8 nitrogen and oxygen atoms in total. The standard InChI is InChI=1S/C23H24N4O4/c1-15-3-5-18-17(11-15)22(28)21(24-25(18)2)23(29)27-9-7-26(8-10-27)13-16-4-6-19-20(12-16)31-14-30-19/h3-6,11-12H,7-10,13-14H2,1-2H3. The van der Waals surface area contributed by atoms with E-state index in [-0.39, 0.29) is 23.8 Å². The second-order valence-corrected chi connectivity index (χ2v) is 8.08. The summed E-state index contributed by atoms with van der Waals surface area (Å²) in [6.07, 6.45) is 0. The summed E-state index contributed by atoms with van der Waals surface area (Å²) in [6.45, 7) is 5.54. The minimum absolute atomic E-state index is 0.00943. The van der Waals surface area contributed by atoms with Gasteiger partial charge < -0.3 is 14.4 Å². The zero-order valence-corrected chi connectivity index (χ0v) is 17.6. The van der Waals surface area contributed by atoms with Gasteiger partial charge in [-0.3, -0.25) is 19.2 Å².